The molecule has 0 aliphatic rings. The zero-order chi connectivity index (χ0) is 17.9. The van der Waals surface area contributed by atoms with Crippen LogP contribution in [0.25, 0.3) is 0 Å². The van der Waals surface area contributed by atoms with Crippen LogP contribution in [-0.2, 0) is 17.6 Å². The van der Waals surface area contributed by atoms with E-state index < -0.39 is 0 Å². The van der Waals surface area contributed by atoms with Gasteiger partial charge in [0.05, 0.1) is 0 Å². The molecule has 3 heteroatoms. The maximum atomic E-state index is 12.3. The monoisotopic (exact) mass is 546 g/mol. The van der Waals surface area contributed by atoms with Crippen LogP contribution in [0.15, 0.2) is 24.3 Å². The van der Waals surface area contributed by atoms with Gasteiger partial charge in [0, 0.05) is 20.0 Å². The molecule has 128 valence electrons. The van der Waals surface area contributed by atoms with Gasteiger partial charge >= 0.3 is 0 Å². The Labute approximate surface area is 172 Å². The summed E-state index contributed by atoms with van der Waals surface area (Å²) in [6.45, 7) is 8.56. The lowest BCUT2D eigenvalue weighted by molar-refractivity contribution is -0.119. The first-order chi connectivity index (χ1) is 11.3. The summed E-state index contributed by atoms with van der Waals surface area (Å²) in [7, 11) is 0. The van der Waals surface area contributed by atoms with Crippen molar-refractivity contribution in [2.24, 2.45) is 0 Å². The molecule has 0 atom stereocenters. The van der Waals surface area contributed by atoms with Crippen LogP contribution < -0.4 is 0 Å². The van der Waals surface area contributed by atoms with Gasteiger partial charge in [-0.3, -0.25) is 4.79 Å². The minimum absolute atomic E-state index is 0.359. The molecule has 0 saturated heterocycles. The van der Waals surface area contributed by atoms with E-state index in [1.165, 1.54) is 40.5 Å². The second kappa shape index (κ2) is 8.79. The number of hydrogen-bond acceptors (Lipinski definition) is 1. The normalized spacial score (nSPS) is 10.9. The third kappa shape index (κ3) is 5.28. The molecule has 0 fully saturated rings. The fraction of sp³-hybridized carbons (Fsp3) is 0.381. The number of halogens is 2. The summed E-state index contributed by atoms with van der Waals surface area (Å²) < 4.78 is 2.65. The first kappa shape index (κ1) is 19.9. The highest BCUT2D eigenvalue weighted by molar-refractivity contribution is 14.1. The van der Waals surface area contributed by atoms with Crippen LogP contribution in [0.2, 0.25) is 0 Å². The van der Waals surface area contributed by atoms with Crippen molar-refractivity contribution in [3.63, 3.8) is 0 Å². The number of Topliss-reactive ketones (excluding diaryl/α,β-unsaturated/α-hetero) is 1. The molecular formula is C21H24I2O. The van der Waals surface area contributed by atoms with Crippen molar-refractivity contribution in [3.05, 3.63) is 64.8 Å². The van der Waals surface area contributed by atoms with E-state index in [1.807, 2.05) is 0 Å². The van der Waals surface area contributed by atoms with Crippen molar-refractivity contribution in [1.82, 2.24) is 0 Å². The number of carbonyl (C=O) groups excluding carboxylic acids is 1. The Balaban J connectivity index is 1.90. The lowest BCUT2D eigenvalue weighted by Crippen LogP contribution is -2.03. The number of aryl methyl sites for hydroxylation is 6. The van der Waals surface area contributed by atoms with Gasteiger partial charge in [-0.25, -0.2) is 0 Å². The zero-order valence-electron chi connectivity index (χ0n) is 14.8. The summed E-state index contributed by atoms with van der Waals surface area (Å²) >= 11 is 4.77. The van der Waals surface area contributed by atoms with Gasteiger partial charge in [0.1, 0.15) is 5.78 Å². The van der Waals surface area contributed by atoms with E-state index in [0.717, 1.165) is 12.8 Å². The van der Waals surface area contributed by atoms with E-state index in [4.69, 9.17) is 0 Å². The van der Waals surface area contributed by atoms with Crippen LogP contribution in [0.1, 0.15) is 46.2 Å². The lowest BCUT2D eigenvalue weighted by Gasteiger charge is -2.09. The fourth-order valence-electron chi connectivity index (χ4n) is 3.05. The third-order valence-corrected chi connectivity index (χ3v) is 7.78. The van der Waals surface area contributed by atoms with Crippen LogP contribution in [0.3, 0.4) is 0 Å². The molecule has 0 heterocycles. The molecule has 0 radical (unpaired) electrons. The van der Waals surface area contributed by atoms with Crippen molar-refractivity contribution >= 4 is 51.0 Å². The summed E-state index contributed by atoms with van der Waals surface area (Å²) in [6.07, 6.45) is 2.98. The molecule has 0 N–H and O–H groups in total. The Kier molecular flexibility index (Phi) is 7.28. The van der Waals surface area contributed by atoms with Gasteiger partial charge in [0.15, 0.2) is 0 Å². The fourth-order valence-corrected chi connectivity index (χ4v) is 3.68. The molecule has 24 heavy (non-hydrogen) atoms. The number of ketones is 1. The molecule has 0 saturated carbocycles. The Morgan fingerprint density at radius 3 is 1.29 bits per heavy atom. The highest BCUT2D eigenvalue weighted by Crippen LogP contribution is 2.21. The molecule has 2 aromatic carbocycles. The van der Waals surface area contributed by atoms with Gasteiger partial charge in [-0.2, -0.15) is 0 Å². The molecule has 2 aromatic rings. The van der Waals surface area contributed by atoms with E-state index in [-0.39, 0.29) is 0 Å². The van der Waals surface area contributed by atoms with E-state index in [9.17, 15) is 4.79 Å². The molecular weight excluding hydrogens is 522 g/mol. The zero-order valence-corrected chi connectivity index (χ0v) is 19.1. The average Bonchev–Trinajstić information content (AvgIpc) is 2.53. The molecule has 0 aromatic heterocycles. The Morgan fingerprint density at radius 1 is 0.708 bits per heavy atom. The first-order valence-corrected chi connectivity index (χ1v) is 10.5. The molecule has 0 aliphatic carbocycles. The predicted octanol–water partition coefficient (Wildman–Crippen LogP) is 6.26. The number of rotatable bonds is 6. The van der Waals surface area contributed by atoms with E-state index in [0.29, 0.717) is 18.6 Å². The predicted molar refractivity (Wildman–Crippen MR) is 119 cm³/mol. The van der Waals surface area contributed by atoms with Gasteiger partial charge in [-0.05, 0) is 119 Å². The topological polar surface area (TPSA) is 17.1 Å². The lowest BCUT2D eigenvalue weighted by atomic mass is 9.98. The Bertz CT molecular complexity index is 653. The number of carbonyl (C=O) groups is 1. The Morgan fingerprint density at radius 2 is 1.00 bits per heavy atom. The SMILES string of the molecule is Cc1cc(CCC(=O)CCc2cc(C)c(I)c(C)c2)cc(C)c1I. The maximum Gasteiger partial charge on any atom is 0.133 e. The van der Waals surface area contributed by atoms with E-state index in [2.05, 4.69) is 97.1 Å². The molecule has 1 nitrogen and oxygen atoms in total. The van der Waals surface area contributed by atoms with E-state index >= 15 is 0 Å². The van der Waals surface area contributed by atoms with Gasteiger partial charge < -0.3 is 0 Å². The average molecular weight is 546 g/mol. The second-order valence-electron chi connectivity index (χ2n) is 6.63. The van der Waals surface area contributed by atoms with E-state index in [1.54, 1.807) is 0 Å². The van der Waals surface area contributed by atoms with Gasteiger partial charge in [-0.15, -0.1) is 0 Å². The minimum Gasteiger partial charge on any atom is -0.300 e. The van der Waals surface area contributed by atoms with Gasteiger partial charge in [0.25, 0.3) is 0 Å². The number of hydrogen-bond donors (Lipinski definition) is 0. The number of benzene rings is 2. The van der Waals surface area contributed by atoms with Crippen molar-refractivity contribution in [1.29, 1.82) is 0 Å². The molecule has 0 amide bonds. The highest BCUT2D eigenvalue weighted by atomic mass is 127. The van der Waals surface area contributed by atoms with Crippen LogP contribution in [0, 0.1) is 34.8 Å². The van der Waals surface area contributed by atoms with Crippen LogP contribution >= 0.6 is 45.2 Å². The summed E-state index contributed by atoms with van der Waals surface area (Å²) in [4.78, 5) is 12.3. The first-order valence-electron chi connectivity index (χ1n) is 8.31. The van der Waals surface area contributed by atoms with Crippen molar-refractivity contribution in [2.45, 2.75) is 53.4 Å². The minimum atomic E-state index is 0.359. The van der Waals surface area contributed by atoms with Crippen LogP contribution in [0.4, 0.5) is 0 Å². The van der Waals surface area contributed by atoms with Gasteiger partial charge in [0.2, 0.25) is 0 Å². The van der Waals surface area contributed by atoms with Crippen molar-refractivity contribution < 1.29 is 4.79 Å². The summed E-state index contributed by atoms with van der Waals surface area (Å²) in [5, 5.41) is 0. The van der Waals surface area contributed by atoms with Crippen LogP contribution in [-0.4, -0.2) is 5.78 Å². The summed E-state index contributed by atoms with van der Waals surface area (Å²) in [5.41, 5.74) is 7.79. The largest absolute Gasteiger partial charge is 0.300 e. The molecule has 0 bridgehead atoms. The Hall–Kier alpha value is -0.430. The maximum absolute atomic E-state index is 12.3. The molecule has 0 spiro atoms. The highest BCUT2D eigenvalue weighted by Gasteiger charge is 2.08. The van der Waals surface area contributed by atoms with Gasteiger partial charge in [-0.1, -0.05) is 24.3 Å². The summed E-state index contributed by atoms with van der Waals surface area (Å²) in [6, 6.07) is 8.86. The summed E-state index contributed by atoms with van der Waals surface area (Å²) in [5.74, 6) is 0.359. The van der Waals surface area contributed by atoms with Crippen LogP contribution in [0.5, 0.6) is 0 Å². The molecule has 0 unspecified atom stereocenters. The van der Waals surface area contributed by atoms with Crippen molar-refractivity contribution in [3.8, 4) is 0 Å². The van der Waals surface area contributed by atoms with Crippen molar-refractivity contribution in [2.75, 3.05) is 0 Å². The smallest absolute Gasteiger partial charge is 0.133 e. The standard InChI is InChI=1S/C21H24I2O/c1-13-9-17(10-14(2)20(13)22)5-7-19(24)8-6-18-11-15(3)21(23)16(4)12-18/h9-12H,5-8H2,1-4H3. The second-order valence-corrected chi connectivity index (χ2v) is 8.78. The molecule has 0 aliphatic heterocycles. The quantitative estimate of drug-likeness (QED) is 0.391. The molecule has 2 rings (SSSR count). The third-order valence-electron chi connectivity index (χ3n) is 4.38.